The van der Waals surface area contributed by atoms with E-state index in [1.165, 1.54) is 0 Å². The largest absolute Gasteiger partial charge is 0.370 e. The normalized spacial score (nSPS) is 10.1. The average molecular weight is 314 g/mol. The molecule has 20 heavy (non-hydrogen) atoms. The highest BCUT2D eigenvalue weighted by Crippen LogP contribution is 2.13. The number of nitrogens with zero attached hydrogens (tertiary/aromatic N) is 2. The summed E-state index contributed by atoms with van der Waals surface area (Å²) >= 11 is 11.3. The monoisotopic (exact) mass is 313 g/mol. The van der Waals surface area contributed by atoms with Gasteiger partial charge < -0.3 is 11.1 Å². The van der Waals surface area contributed by atoms with E-state index in [0.29, 0.717) is 16.7 Å². The van der Waals surface area contributed by atoms with Crippen molar-refractivity contribution < 1.29 is 0 Å². The molecule has 0 spiro atoms. The first-order valence-corrected chi connectivity index (χ1v) is 7.33. The molecule has 0 aromatic carbocycles. The Labute approximate surface area is 130 Å². The number of nitrogens with two attached hydrogens (primary N) is 1. The lowest BCUT2D eigenvalue weighted by molar-refractivity contribution is 0.550. The fraction of sp³-hybridized carbons (Fsp3) is 0.462. The molecule has 0 saturated heterocycles. The molecule has 0 amide bonds. The van der Waals surface area contributed by atoms with E-state index in [1.54, 1.807) is 17.2 Å². The van der Waals surface area contributed by atoms with Gasteiger partial charge >= 0.3 is 0 Å². The number of thiocarbonyl (C=S) groups is 1. The molecule has 0 aliphatic rings. The van der Waals surface area contributed by atoms with Crippen LogP contribution in [0.15, 0.2) is 18.3 Å². The molecule has 1 aromatic rings. The Morgan fingerprint density at radius 3 is 2.95 bits per heavy atom. The average Bonchev–Trinajstić information content (AvgIpc) is 2.42. The van der Waals surface area contributed by atoms with Crippen LogP contribution in [0.25, 0.3) is 0 Å². The smallest absolute Gasteiger partial charge is 0.194 e. The first-order chi connectivity index (χ1) is 9.56. The van der Waals surface area contributed by atoms with Gasteiger partial charge in [-0.3, -0.25) is 15.3 Å². The highest BCUT2D eigenvalue weighted by Gasteiger charge is 2.12. The second-order valence-corrected chi connectivity index (χ2v) is 5.10. The third-order valence-electron chi connectivity index (χ3n) is 2.69. The third kappa shape index (κ3) is 5.30. The van der Waals surface area contributed by atoms with Crippen LogP contribution in [0.3, 0.4) is 0 Å². The number of hydrogen-bond donors (Lipinski definition) is 3. The van der Waals surface area contributed by atoms with E-state index >= 15 is 0 Å². The SMILES string of the molecule is CCCNC(=S)N(CCCc1ncccc1Cl)C(=N)N. The van der Waals surface area contributed by atoms with Crippen LogP contribution in [0.5, 0.6) is 0 Å². The van der Waals surface area contributed by atoms with E-state index in [2.05, 4.69) is 17.2 Å². The standard InChI is InChI=1S/C13H20ClN5S/c1-2-7-18-13(20)19(12(15)16)9-4-6-11-10(14)5-3-8-17-11/h3,5,8H,2,4,6-7,9H2,1H3,(H3,15,16)(H,18,20). The molecular formula is C13H20ClN5S. The maximum Gasteiger partial charge on any atom is 0.194 e. The van der Waals surface area contributed by atoms with Crippen molar-refractivity contribution in [3.05, 3.63) is 29.0 Å². The summed E-state index contributed by atoms with van der Waals surface area (Å²) in [6, 6.07) is 3.62. The lowest BCUT2D eigenvalue weighted by Crippen LogP contribution is -2.47. The second kappa shape index (κ2) is 8.71. The lowest BCUT2D eigenvalue weighted by Gasteiger charge is -2.23. The van der Waals surface area contributed by atoms with Crippen molar-refractivity contribution in [2.45, 2.75) is 26.2 Å². The van der Waals surface area contributed by atoms with Gasteiger partial charge in [-0.15, -0.1) is 0 Å². The number of aromatic nitrogens is 1. The van der Waals surface area contributed by atoms with Gasteiger partial charge in [0, 0.05) is 19.3 Å². The molecule has 0 unspecified atom stereocenters. The zero-order valence-corrected chi connectivity index (χ0v) is 13.1. The van der Waals surface area contributed by atoms with Crippen molar-refractivity contribution in [1.82, 2.24) is 15.2 Å². The summed E-state index contributed by atoms with van der Waals surface area (Å²) in [5.41, 5.74) is 6.41. The fourth-order valence-electron chi connectivity index (χ4n) is 1.67. The Bertz CT molecular complexity index is 466. The van der Waals surface area contributed by atoms with Crippen molar-refractivity contribution in [1.29, 1.82) is 5.41 Å². The number of nitrogens with one attached hydrogen (secondary N) is 2. The number of rotatable bonds is 6. The molecule has 1 heterocycles. The van der Waals surface area contributed by atoms with Gasteiger partial charge in [0.25, 0.3) is 0 Å². The van der Waals surface area contributed by atoms with Crippen molar-refractivity contribution >= 4 is 34.9 Å². The van der Waals surface area contributed by atoms with Gasteiger partial charge in [-0.1, -0.05) is 18.5 Å². The molecule has 0 radical (unpaired) electrons. The van der Waals surface area contributed by atoms with Gasteiger partial charge in [0.15, 0.2) is 11.1 Å². The molecule has 0 bridgehead atoms. The van der Waals surface area contributed by atoms with Crippen molar-refractivity contribution in [3.8, 4) is 0 Å². The van der Waals surface area contributed by atoms with Crippen molar-refractivity contribution in [2.75, 3.05) is 13.1 Å². The minimum atomic E-state index is -0.0503. The van der Waals surface area contributed by atoms with Gasteiger partial charge in [-0.2, -0.15) is 0 Å². The number of guanidine groups is 1. The summed E-state index contributed by atoms with van der Waals surface area (Å²) < 4.78 is 0. The molecule has 0 fully saturated rings. The zero-order valence-electron chi connectivity index (χ0n) is 11.5. The van der Waals surface area contributed by atoms with Crippen molar-refractivity contribution in [2.24, 2.45) is 5.73 Å². The minimum Gasteiger partial charge on any atom is -0.370 e. The Balaban J connectivity index is 2.49. The molecule has 7 heteroatoms. The summed E-state index contributed by atoms with van der Waals surface area (Å²) in [5.74, 6) is -0.0503. The number of aryl methyl sites for hydroxylation is 1. The van der Waals surface area contributed by atoms with Gasteiger partial charge in [0.2, 0.25) is 0 Å². The highest BCUT2D eigenvalue weighted by molar-refractivity contribution is 7.80. The topological polar surface area (TPSA) is 78.0 Å². The quantitative estimate of drug-likeness (QED) is 0.426. The Hall–Kier alpha value is -1.40. The molecule has 0 atom stereocenters. The fourth-order valence-corrected chi connectivity index (χ4v) is 2.17. The van der Waals surface area contributed by atoms with Crippen molar-refractivity contribution in [3.63, 3.8) is 0 Å². The number of pyridine rings is 1. The molecule has 0 saturated carbocycles. The summed E-state index contributed by atoms with van der Waals surface area (Å²) in [6.45, 7) is 3.39. The van der Waals surface area contributed by atoms with Gasteiger partial charge in [-0.25, -0.2) is 0 Å². The molecular weight excluding hydrogens is 294 g/mol. The van der Waals surface area contributed by atoms with E-state index in [1.807, 2.05) is 6.07 Å². The second-order valence-electron chi connectivity index (χ2n) is 4.30. The van der Waals surface area contributed by atoms with Gasteiger partial charge in [0.1, 0.15) is 0 Å². The van der Waals surface area contributed by atoms with E-state index in [-0.39, 0.29) is 5.96 Å². The van der Waals surface area contributed by atoms with Gasteiger partial charge in [0.05, 0.1) is 10.7 Å². The lowest BCUT2D eigenvalue weighted by atomic mass is 10.2. The van der Waals surface area contributed by atoms with E-state index < -0.39 is 0 Å². The van der Waals surface area contributed by atoms with Crippen LogP contribution >= 0.6 is 23.8 Å². The predicted octanol–water partition coefficient (Wildman–Crippen LogP) is 2.15. The predicted molar refractivity (Wildman–Crippen MR) is 87.1 cm³/mol. The number of hydrogen-bond acceptors (Lipinski definition) is 3. The minimum absolute atomic E-state index is 0.0503. The summed E-state index contributed by atoms with van der Waals surface area (Å²) in [6.07, 6.45) is 4.18. The molecule has 5 nitrogen and oxygen atoms in total. The number of halogens is 1. The highest BCUT2D eigenvalue weighted by atomic mass is 35.5. The van der Waals surface area contributed by atoms with Crippen LogP contribution < -0.4 is 11.1 Å². The zero-order chi connectivity index (χ0) is 15.0. The molecule has 1 rings (SSSR count). The van der Waals surface area contributed by atoms with Crippen LogP contribution in [-0.4, -0.2) is 34.0 Å². The first-order valence-electron chi connectivity index (χ1n) is 6.55. The van der Waals surface area contributed by atoms with Crippen LogP contribution in [0, 0.1) is 5.41 Å². The Kier molecular flexibility index (Phi) is 7.25. The van der Waals surface area contributed by atoms with Gasteiger partial charge in [-0.05, 0) is 43.6 Å². The Morgan fingerprint density at radius 2 is 2.35 bits per heavy atom. The Morgan fingerprint density at radius 1 is 1.60 bits per heavy atom. The molecule has 4 N–H and O–H groups in total. The van der Waals surface area contributed by atoms with Crippen LogP contribution in [0.2, 0.25) is 5.02 Å². The maximum atomic E-state index is 7.58. The first kappa shape index (κ1) is 16.7. The summed E-state index contributed by atoms with van der Waals surface area (Å²) in [4.78, 5) is 5.82. The molecule has 0 aliphatic heterocycles. The van der Waals surface area contributed by atoms with Crippen LogP contribution in [-0.2, 0) is 6.42 Å². The van der Waals surface area contributed by atoms with E-state index in [4.69, 9.17) is 35.0 Å². The molecule has 0 aliphatic carbocycles. The van der Waals surface area contributed by atoms with E-state index in [9.17, 15) is 0 Å². The van der Waals surface area contributed by atoms with E-state index in [0.717, 1.165) is 31.5 Å². The summed E-state index contributed by atoms with van der Waals surface area (Å²) in [5, 5.41) is 11.8. The summed E-state index contributed by atoms with van der Waals surface area (Å²) in [7, 11) is 0. The molecule has 1 aromatic heterocycles. The third-order valence-corrected chi connectivity index (χ3v) is 3.40. The van der Waals surface area contributed by atoms with Crippen LogP contribution in [0.4, 0.5) is 0 Å². The molecule has 110 valence electrons. The van der Waals surface area contributed by atoms with Crippen LogP contribution in [0.1, 0.15) is 25.5 Å². The maximum absolute atomic E-state index is 7.58.